The number of hydrogen-bond acceptors (Lipinski definition) is 4. The molecule has 2 unspecified atom stereocenters. The summed E-state index contributed by atoms with van der Waals surface area (Å²) in [5.41, 5.74) is 0.0419. The van der Waals surface area contributed by atoms with Gasteiger partial charge in [-0.25, -0.2) is 13.1 Å². The smallest absolute Gasteiger partial charge is 0.285 e. The Morgan fingerprint density at radius 3 is 2.43 bits per heavy atom. The lowest BCUT2D eigenvalue weighted by atomic mass is 9.71. The number of hydrogen-bond donors (Lipinski definition) is 1. The van der Waals surface area contributed by atoms with Crippen molar-refractivity contribution in [2.45, 2.75) is 55.9 Å². The van der Waals surface area contributed by atoms with Crippen molar-refractivity contribution in [2.24, 2.45) is 15.7 Å². The van der Waals surface area contributed by atoms with Crippen LogP contribution in [0, 0.1) is 11.3 Å². The third-order valence-corrected chi connectivity index (χ3v) is 7.84. The summed E-state index contributed by atoms with van der Waals surface area (Å²) in [6.07, 6.45) is 3.63. The van der Waals surface area contributed by atoms with Gasteiger partial charge in [-0.3, -0.25) is 0 Å². The number of sulfonamides is 2. The van der Waals surface area contributed by atoms with E-state index >= 15 is 0 Å². The third kappa shape index (κ3) is 5.92. The quantitative estimate of drug-likeness (QED) is 0.531. The van der Waals surface area contributed by atoms with Gasteiger partial charge in [0, 0.05) is 20.1 Å². The molecule has 0 spiro atoms. The first-order valence-electron chi connectivity index (χ1n) is 9.01. The molecule has 1 aliphatic rings. The number of nitrogens with one attached hydrogen (secondary N) is 1. The summed E-state index contributed by atoms with van der Waals surface area (Å²) in [5, 5.41) is -0.0812. The zero-order chi connectivity index (χ0) is 21.3. The van der Waals surface area contributed by atoms with Gasteiger partial charge in [0.2, 0.25) is 10.0 Å². The van der Waals surface area contributed by atoms with Crippen LogP contribution in [0.2, 0.25) is 5.02 Å². The van der Waals surface area contributed by atoms with Crippen LogP contribution in [0.4, 0.5) is 0 Å². The molecule has 0 saturated heterocycles. The zero-order valence-corrected chi connectivity index (χ0v) is 19.2. The molecule has 158 valence electrons. The molecule has 0 aromatic heterocycles. The standard InChI is InChI=1S/C18H28ClN3O4S2/c1-13-8-14(11-18(2,3)10-13)21-27(23,24)15-6-7-16(19)17(9-15)28(25,26)20-12-22(4)5/h6-7,9,12-14,21H,8,10-11H2,1-5H3. The second-order valence-electron chi connectivity index (χ2n) is 8.48. The molecular formula is C18H28ClN3O4S2. The molecule has 1 fully saturated rings. The zero-order valence-electron chi connectivity index (χ0n) is 16.8. The second-order valence-corrected chi connectivity index (χ2v) is 12.2. The molecule has 1 aromatic carbocycles. The van der Waals surface area contributed by atoms with Crippen molar-refractivity contribution < 1.29 is 16.8 Å². The molecule has 10 heteroatoms. The maximum absolute atomic E-state index is 12.9. The van der Waals surface area contributed by atoms with E-state index in [2.05, 4.69) is 29.9 Å². The van der Waals surface area contributed by atoms with Crippen molar-refractivity contribution in [3.8, 4) is 0 Å². The fourth-order valence-corrected chi connectivity index (χ4v) is 6.56. The van der Waals surface area contributed by atoms with E-state index < -0.39 is 20.0 Å². The van der Waals surface area contributed by atoms with E-state index in [1.807, 2.05) is 0 Å². The van der Waals surface area contributed by atoms with Gasteiger partial charge < -0.3 is 4.90 Å². The number of halogens is 1. The van der Waals surface area contributed by atoms with Crippen LogP contribution in [0.5, 0.6) is 0 Å². The van der Waals surface area contributed by atoms with E-state index in [0.717, 1.165) is 31.7 Å². The average molecular weight is 450 g/mol. The molecular weight excluding hydrogens is 422 g/mol. The molecule has 7 nitrogen and oxygen atoms in total. The first kappa shape index (κ1) is 23.1. The Balaban J connectivity index is 2.34. The van der Waals surface area contributed by atoms with Crippen molar-refractivity contribution in [1.82, 2.24) is 9.62 Å². The van der Waals surface area contributed by atoms with Gasteiger partial charge in [-0.1, -0.05) is 32.4 Å². The van der Waals surface area contributed by atoms with E-state index in [1.54, 1.807) is 14.1 Å². The van der Waals surface area contributed by atoms with Crippen LogP contribution in [-0.4, -0.2) is 48.2 Å². The minimum absolute atomic E-state index is 0.0419. The Hall–Kier alpha value is -1.16. The largest absolute Gasteiger partial charge is 0.368 e. The van der Waals surface area contributed by atoms with Crippen LogP contribution in [0.25, 0.3) is 0 Å². The fraction of sp³-hybridized carbons (Fsp3) is 0.611. The monoisotopic (exact) mass is 449 g/mol. The van der Waals surface area contributed by atoms with Gasteiger partial charge >= 0.3 is 0 Å². The van der Waals surface area contributed by atoms with Crippen molar-refractivity contribution >= 4 is 38.0 Å². The SMILES string of the molecule is CC1CC(NS(=O)(=O)c2ccc(Cl)c(S(=O)(=O)N=CN(C)C)c2)CC(C)(C)C1. The Morgan fingerprint density at radius 2 is 1.86 bits per heavy atom. The molecule has 2 rings (SSSR count). The molecule has 0 aliphatic heterocycles. The van der Waals surface area contributed by atoms with Gasteiger partial charge in [-0.2, -0.15) is 8.42 Å². The van der Waals surface area contributed by atoms with Crippen LogP contribution < -0.4 is 4.72 Å². The average Bonchev–Trinajstić information content (AvgIpc) is 2.50. The first-order valence-corrected chi connectivity index (χ1v) is 12.3. The molecule has 0 bridgehead atoms. The topological polar surface area (TPSA) is 95.9 Å². The predicted octanol–water partition coefficient (Wildman–Crippen LogP) is 3.11. The van der Waals surface area contributed by atoms with Gasteiger partial charge in [0.15, 0.2) is 0 Å². The molecule has 2 atom stereocenters. The van der Waals surface area contributed by atoms with Crippen molar-refractivity contribution in [3.63, 3.8) is 0 Å². The van der Waals surface area contributed by atoms with Gasteiger partial charge in [-0.15, -0.1) is 4.40 Å². The lowest BCUT2D eigenvalue weighted by Crippen LogP contribution is -2.42. The number of rotatable bonds is 6. The van der Waals surface area contributed by atoms with Crippen molar-refractivity contribution in [1.29, 1.82) is 0 Å². The summed E-state index contributed by atoms with van der Waals surface area (Å²) in [6.45, 7) is 6.36. The van der Waals surface area contributed by atoms with Gasteiger partial charge in [0.25, 0.3) is 10.0 Å². The van der Waals surface area contributed by atoms with E-state index in [9.17, 15) is 16.8 Å². The van der Waals surface area contributed by atoms with Crippen LogP contribution >= 0.6 is 11.6 Å². The lowest BCUT2D eigenvalue weighted by molar-refractivity contribution is 0.163. The highest BCUT2D eigenvalue weighted by Crippen LogP contribution is 2.39. The molecule has 0 heterocycles. The highest BCUT2D eigenvalue weighted by molar-refractivity contribution is 7.90. The van der Waals surface area contributed by atoms with Gasteiger partial charge in [0.1, 0.15) is 11.2 Å². The van der Waals surface area contributed by atoms with Crippen LogP contribution in [0.15, 0.2) is 32.4 Å². The van der Waals surface area contributed by atoms with Gasteiger partial charge in [-0.05, 0) is 48.8 Å². The Morgan fingerprint density at radius 1 is 1.21 bits per heavy atom. The first-order chi connectivity index (χ1) is 12.7. The lowest BCUT2D eigenvalue weighted by Gasteiger charge is -2.39. The molecule has 0 amide bonds. The third-order valence-electron chi connectivity index (χ3n) is 4.62. The number of benzene rings is 1. The molecule has 1 aromatic rings. The maximum Gasteiger partial charge on any atom is 0.285 e. The van der Waals surface area contributed by atoms with E-state index in [1.165, 1.54) is 17.0 Å². The summed E-state index contributed by atoms with van der Waals surface area (Å²) >= 11 is 6.01. The van der Waals surface area contributed by atoms with Crippen molar-refractivity contribution in [2.75, 3.05) is 14.1 Å². The summed E-state index contributed by atoms with van der Waals surface area (Å²) in [5.74, 6) is 0.401. The number of nitrogens with zero attached hydrogens (tertiary/aromatic N) is 2. The fourth-order valence-electron chi connectivity index (χ4n) is 3.78. The molecule has 1 saturated carbocycles. The van der Waals surface area contributed by atoms with E-state index in [-0.39, 0.29) is 26.3 Å². The van der Waals surface area contributed by atoms with Crippen LogP contribution in [0.1, 0.15) is 40.0 Å². The normalized spacial score (nSPS) is 23.1. The van der Waals surface area contributed by atoms with E-state index in [4.69, 9.17) is 11.6 Å². The summed E-state index contributed by atoms with van der Waals surface area (Å²) < 4.78 is 56.9. The maximum atomic E-state index is 12.9. The highest BCUT2D eigenvalue weighted by Gasteiger charge is 2.34. The minimum atomic E-state index is -4.13. The van der Waals surface area contributed by atoms with E-state index in [0.29, 0.717) is 5.92 Å². The summed E-state index contributed by atoms with van der Waals surface area (Å²) in [6, 6.07) is 3.43. The Bertz CT molecular complexity index is 957. The molecule has 1 aliphatic carbocycles. The van der Waals surface area contributed by atoms with Crippen LogP contribution in [0.3, 0.4) is 0 Å². The minimum Gasteiger partial charge on any atom is -0.368 e. The van der Waals surface area contributed by atoms with Crippen LogP contribution in [-0.2, 0) is 20.0 Å². The second kappa shape index (κ2) is 8.30. The summed E-state index contributed by atoms with van der Waals surface area (Å²) in [4.78, 5) is 0.971. The van der Waals surface area contributed by atoms with Gasteiger partial charge in [0.05, 0.1) is 9.92 Å². The predicted molar refractivity (Wildman–Crippen MR) is 112 cm³/mol. The van der Waals surface area contributed by atoms with Crippen molar-refractivity contribution in [3.05, 3.63) is 23.2 Å². The highest BCUT2D eigenvalue weighted by atomic mass is 35.5. The molecule has 28 heavy (non-hydrogen) atoms. The Labute approximate surface area is 173 Å². The molecule has 1 N–H and O–H groups in total. The molecule has 0 radical (unpaired) electrons. The summed E-state index contributed by atoms with van der Waals surface area (Å²) in [7, 11) is -4.78. The Kier molecular flexibility index (Phi) is 6.85.